The molecule has 0 unspecified atom stereocenters. The molecule has 0 aliphatic carbocycles. The third-order valence-electron chi connectivity index (χ3n) is 5.66. The van der Waals surface area contributed by atoms with Crippen LogP contribution in [0.15, 0.2) is 47.4 Å². The molecule has 2 aliphatic rings. The molecule has 2 aliphatic heterocycles. The Labute approximate surface area is 192 Å². The fourth-order valence-electron chi connectivity index (χ4n) is 3.84. The van der Waals surface area contributed by atoms with Crippen LogP contribution in [0, 0.1) is 6.92 Å². The van der Waals surface area contributed by atoms with Crippen molar-refractivity contribution in [3.05, 3.63) is 53.1 Å². The van der Waals surface area contributed by atoms with Gasteiger partial charge in [-0.1, -0.05) is 29.3 Å². The van der Waals surface area contributed by atoms with E-state index >= 15 is 0 Å². The van der Waals surface area contributed by atoms with E-state index in [2.05, 4.69) is 4.72 Å². The Kier molecular flexibility index (Phi) is 6.41. The highest BCUT2D eigenvalue weighted by molar-refractivity contribution is 7.89. The number of hydrogen-bond donors (Lipinski definition) is 1. The summed E-state index contributed by atoms with van der Waals surface area (Å²) in [6.45, 7) is 2.45. The van der Waals surface area contributed by atoms with Crippen LogP contribution >= 0.6 is 11.6 Å². The zero-order valence-electron chi connectivity index (χ0n) is 17.6. The summed E-state index contributed by atoms with van der Waals surface area (Å²) in [5.41, 5.74) is 1.46. The molecule has 1 saturated heterocycles. The monoisotopic (exact) mass is 477 g/mol. The minimum absolute atomic E-state index is 0.116. The normalized spacial score (nSPS) is 17.1. The molecule has 2 aromatic carbocycles. The number of nitrogens with one attached hydrogen (secondary N) is 1. The zero-order chi connectivity index (χ0) is 22.9. The molecule has 32 heavy (non-hydrogen) atoms. The van der Waals surface area contributed by atoms with Crippen molar-refractivity contribution in [3.63, 3.8) is 0 Å². The number of piperidine rings is 1. The topological polar surface area (TPSA) is 96.0 Å². The van der Waals surface area contributed by atoms with Gasteiger partial charge in [0.05, 0.1) is 10.6 Å². The van der Waals surface area contributed by atoms with E-state index in [9.17, 15) is 18.0 Å². The fourth-order valence-corrected chi connectivity index (χ4v) is 5.31. The highest BCUT2D eigenvalue weighted by Crippen LogP contribution is 2.34. The van der Waals surface area contributed by atoms with Gasteiger partial charge in [0, 0.05) is 24.2 Å². The van der Waals surface area contributed by atoms with Gasteiger partial charge in [0.2, 0.25) is 15.9 Å². The van der Waals surface area contributed by atoms with E-state index in [0.29, 0.717) is 42.4 Å². The van der Waals surface area contributed by atoms with Gasteiger partial charge >= 0.3 is 0 Å². The Morgan fingerprint density at radius 2 is 1.84 bits per heavy atom. The van der Waals surface area contributed by atoms with Crippen LogP contribution in [0.2, 0.25) is 5.02 Å². The maximum atomic E-state index is 12.9. The second-order valence-electron chi connectivity index (χ2n) is 7.97. The number of halogens is 1. The van der Waals surface area contributed by atoms with Gasteiger partial charge in [-0.3, -0.25) is 14.5 Å². The van der Waals surface area contributed by atoms with Crippen LogP contribution in [0.25, 0.3) is 0 Å². The zero-order valence-corrected chi connectivity index (χ0v) is 19.2. The Morgan fingerprint density at radius 3 is 2.53 bits per heavy atom. The smallest absolute Gasteiger partial charge is 0.265 e. The predicted octanol–water partition coefficient (Wildman–Crippen LogP) is 2.34. The number of sulfonamides is 1. The lowest BCUT2D eigenvalue weighted by atomic mass is 10.1. The van der Waals surface area contributed by atoms with Crippen molar-refractivity contribution < 1.29 is 22.7 Å². The van der Waals surface area contributed by atoms with Crippen LogP contribution in [0.5, 0.6) is 5.75 Å². The fraction of sp³-hybridized carbons (Fsp3) is 0.364. The molecule has 2 aromatic rings. The number of hydrogen-bond acceptors (Lipinski definition) is 5. The summed E-state index contributed by atoms with van der Waals surface area (Å²) in [4.78, 5) is 28.5. The molecular weight excluding hydrogens is 454 g/mol. The summed E-state index contributed by atoms with van der Waals surface area (Å²) < 4.78 is 33.4. The van der Waals surface area contributed by atoms with Crippen LogP contribution in [-0.2, 0) is 19.6 Å². The Morgan fingerprint density at radius 1 is 1.16 bits per heavy atom. The van der Waals surface area contributed by atoms with Crippen molar-refractivity contribution >= 4 is 39.1 Å². The van der Waals surface area contributed by atoms with Gasteiger partial charge in [0.1, 0.15) is 12.3 Å². The molecule has 0 bridgehead atoms. The van der Waals surface area contributed by atoms with Gasteiger partial charge in [-0.15, -0.1) is 0 Å². The first kappa shape index (κ1) is 22.6. The van der Waals surface area contributed by atoms with Crippen molar-refractivity contribution in [1.82, 2.24) is 9.62 Å². The van der Waals surface area contributed by atoms with Crippen LogP contribution in [-0.4, -0.2) is 57.4 Å². The first-order valence-corrected chi connectivity index (χ1v) is 12.2. The first-order valence-electron chi connectivity index (χ1n) is 10.3. The molecule has 1 fully saturated rings. The summed E-state index contributed by atoms with van der Waals surface area (Å²) >= 11 is 6.05. The van der Waals surface area contributed by atoms with Crippen molar-refractivity contribution in [3.8, 4) is 5.75 Å². The van der Waals surface area contributed by atoms with Crippen molar-refractivity contribution in [1.29, 1.82) is 0 Å². The average Bonchev–Trinajstić information content (AvgIpc) is 2.76. The summed E-state index contributed by atoms with van der Waals surface area (Å²) in [6, 6.07) is 11.4. The van der Waals surface area contributed by atoms with E-state index in [4.69, 9.17) is 16.3 Å². The number of fused-ring (bicyclic) bond motifs is 1. The Hall–Kier alpha value is -2.62. The first-order chi connectivity index (χ1) is 15.2. The number of amides is 2. The molecule has 0 radical (unpaired) electrons. The second kappa shape index (κ2) is 9.09. The van der Waals surface area contributed by atoms with E-state index in [1.807, 2.05) is 6.92 Å². The van der Waals surface area contributed by atoms with E-state index < -0.39 is 10.0 Å². The van der Waals surface area contributed by atoms with Crippen molar-refractivity contribution in [2.24, 2.45) is 0 Å². The molecule has 0 saturated carbocycles. The molecule has 0 atom stereocenters. The molecular formula is C22H24ClN3O5S. The standard InChI is InChI=1S/C22H24ClN3O5S/c1-15-2-5-18(6-3-15)32(29,30)24-17-8-10-25(11-9-17)21(27)13-26-19-12-16(23)4-7-20(19)31-14-22(26)28/h2-7,12,17,24H,8-11,13-14H2,1H3. The van der Waals surface area contributed by atoms with Crippen LogP contribution < -0.4 is 14.4 Å². The molecule has 10 heteroatoms. The number of rotatable bonds is 5. The molecule has 2 heterocycles. The maximum Gasteiger partial charge on any atom is 0.265 e. The lowest BCUT2D eigenvalue weighted by Crippen LogP contribution is -2.51. The Bertz CT molecular complexity index is 1130. The number of carbonyl (C=O) groups excluding carboxylic acids is 2. The number of likely N-dealkylation sites (tertiary alicyclic amines) is 1. The molecule has 1 N–H and O–H groups in total. The van der Waals surface area contributed by atoms with Gasteiger partial charge in [-0.05, 0) is 50.1 Å². The summed E-state index contributed by atoms with van der Waals surface area (Å²) in [5, 5.41) is 0.446. The number of nitrogens with zero attached hydrogens (tertiary/aromatic N) is 2. The molecule has 8 nitrogen and oxygen atoms in total. The van der Waals surface area contributed by atoms with Gasteiger partial charge < -0.3 is 9.64 Å². The number of benzene rings is 2. The van der Waals surface area contributed by atoms with E-state index in [0.717, 1.165) is 5.56 Å². The molecule has 0 aromatic heterocycles. The number of ether oxygens (including phenoxy) is 1. The van der Waals surface area contributed by atoms with Gasteiger partial charge in [-0.25, -0.2) is 13.1 Å². The Balaban J connectivity index is 1.36. The largest absolute Gasteiger partial charge is 0.482 e. The van der Waals surface area contributed by atoms with Crippen LogP contribution in [0.3, 0.4) is 0 Å². The minimum atomic E-state index is -3.61. The summed E-state index contributed by atoms with van der Waals surface area (Å²) in [7, 11) is -3.61. The molecule has 2 amide bonds. The number of anilines is 1. The van der Waals surface area contributed by atoms with Gasteiger partial charge in [-0.2, -0.15) is 0 Å². The van der Waals surface area contributed by atoms with E-state index in [-0.39, 0.29) is 35.9 Å². The van der Waals surface area contributed by atoms with Crippen molar-refractivity contribution in [2.45, 2.75) is 30.7 Å². The van der Waals surface area contributed by atoms with Gasteiger partial charge in [0.25, 0.3) is 5.91 Å². The summed E-state index contributed by atoms with van der Waals surface area (Å²) in [5.74, 6) is -0.00843. The quantitative estimate of drug-likeness (QED) is 0.713. The summed E-state index contributed by atoms with van der Waals surface area (Å²) in [6.07, 6.45) is 0.993. The SMILES string of the molecule is Cc1ccc(S(=O)(=O)NC2CCN(C(=O)CN3C(=O)COc4ccc(Cl)cc43)CC2)cc1. The third-order valence-corrected chi connectivity index (χ3v) is 7.43. The molecule has 4 rings (SSSR count). The predicted molar refractivity (Wildman–Crippen MR) is 120 cm³/mol. The highest BCUT2D eigenvalue weighted by atomic mass is 35.5. The molecule has 170 valence electrons. The average molecular weight is 478 g/mol. The number of carbonyl (C=O) groups is 2. The van der Waals surface area contributed by atoms with Crippen LogP contribution in [0.4, 0.5) is 5.69 Å². The minimum Gasteiger partial charge on any atom is -0.482 e. The molecule has 0 spiro atoms. The number of aryl methyl sites for hydroxylation is 1. The van der Waals surface area contributed by atoms with E-state index in [1.54, 1.807) is 47.4 Å². The van der Waals surface area contributed by atoms with Crippen molar-refractivity contribution in [2.75, 3.05) is 31.1 Å². The lowest BCUT2D eigenvalue weighted by molar-refractivity contribution is -0.132. The highest BCUT2D eigenvalue weighted by Gasteiger charge is 2.31. The van der Waals surface area contributed by atoms with Crippen LogP contribution in [0.1, 0.15) is 18.4 Å². The lowest BCUT2D eigenvalue weighted by Gasteiger charge is -2.35. The maximum absolute atomic E-state index is 12.9. The van der Waals surface area contributed by atoms with E-state index in [1.165, 1.54) is 4.90 Å². The van der Waals surface area contributed by atoms with Gasteiger partial charge in [0.15, 0.2) is 6.61 Å². The second-order valence-corrected chi connectivity index (χ2v) is 10.1. The third kappa shape index (κ3) is 4.90.